The number of nitrogens with zero attached hydrogens (tertiary/aromatic N) is 1. The van der Waals surface area contributed by atoms with Crippen LogP contribution in [0.25, 0.3) is 0 Å². The number of hydrogen-bond acceptors (Lipinski definition) is 6. The Labute approximate surface area is 140 Å². The first-order chi connectivity index (χ1) is 11.2. The van der Waals surface area contributed by atoms with Crippen LogP contribution in [0.5, 0.6) is 17.2 Å². The second-order valence-corrected chi connectivity index (χ2v) is 6.70. The maximum absolute atomic E-state index is 12.2. The van der Waals surface area contributed by atoms with Crippen molar-refractivity contribution < 1.29 is 19.0 Å². The van der Waals surface area contributed by atoms with Crippen molar-refractivity contribution in [1.29, 1.82) is 0 Å². The zero-order chi connectivity index (χ0) is 16.1. The molecular formula is C16H22N2O4S. The van der Waals surface area contributed by atoms with Crippen molar-refractivity contribution in [3.8, 4) is 17.2 Å². The highest BCUT2D eigenvalue weighted by Crippen LogP contribution is 2.34. The van der Waals surface area contributed by atoms with Crippen molar-refractivity contribution in [2.24, 2.45) is 0 Å². The topological polar surface area (TPSA) is 60.0 Å². The molecule has 1 aromatic rings. The lowest BCUT2D eigenvalue weighted by Crippen LogP contribution is -2.48. The van der Waals surface area contributed by atoms with E-state index in [2.05, 4.69) is 10.2 Å². The second-order valence-electron chi connectivity index (χ2n) is 5.48. The summed E-state index contributed by atoms with van der Waals surface area (Å²) < 4.78 is 16.2. The summed E-state index contributed by atoms with van der Waals surface area (Å²) in [5.74, 6) is 4.41. The third kappa shape index (κ3) is 4.23. The zero-order valence-corrected chi connectivity index (χ0v) is 14.1. The number of carbonyl (C=O) groups is 1. The minimum Gasteiger partial charge on any atom is -0.492 e. The maximum atomic E-state index is 12.2. The van der Waals surface area contributed by atoms with Gasteiger partial charge in [0, 0.05) is 30.7 Å². The zero-order valence-electron chi connectivity index (χ0n) is 13.2. The van der Waals surface area contributed by atoms with Crippen LogP contribution in [0.3, 0.4) is 0 Å². The van der Waals surface area contributed by atoms with Crippen molar-refractivity contribution in [3.63, 3.8) is 0 Å². The van der Waals surface area contributed by atoms with E-state index in [4.69, 9.17) is 14.2 Å². The molecule has 1 saturated heterocycles. The molecule has 2 aliphatic heterocycles. The van der Waals surface area contributed by atoms with Crippen LogP contribution in [0.2, 0.25) is 0 Å². The quantitative estimate of drug-likeness (QED) is 0.790. The van der Waals surface area contributed by atoms with Crippen molar-refractivity contribution in [1.82, 2.24) is 10.2 Å². The van der Waals surface area contributed by atoms with E-state index in [1.807, 2.05) is 30.8 Å². The van der Waals surface area contributed by atoms with Crippen LogP contribution in [0.15, 0.2) is 18.2 Å². The molecule has 3 rings (SSSR count). The van der Waals surface area contributed by atoms with Crippen LogP contribution in [-0.2, 0) is 4.79 Å². The standard InChI is InChI=1S/C16H22N2O4S/c1-12(18-5-8-23-9-6-18)16(19)17-4-7-20-13-2-3-14-15(10-13)22-11-21-14/h2-3,10,12H,4-9,11H2,1H3,(H,17,19)/t12-/m0/s1. The molecule has 1 fully saturated rings. The van der Waals surface area contributed by atoms with Crippen LogP contribution >= 0.6 is 11.8 Å². The van der Waals surface area contributed by atoms with E-state index in [0.717, 1.165) is 30.3 Å². The van der Waals surface area contributed by atoms with Crippen molar-refractivity contribution in [3.05, 3.63) is 18.2 Å². The van der Waals surface area contributed by atoms with Gasteiger partial charge in [0.25, 0.3) is 0 Å². The monoisotopic (exact) mass is 338 g/mol. The van der Waals surface area contributed by atoms with Gasteiger partial charge in [0.05, 0.1) is 12.6 Å². The number of thioether (sulfide) groups is 1. The van der Waals surface area contributed by atoms with Gasteiger partial charge in [-0.2, -0.15) is 11.8 Å². The number of benzene rings is 1. The van der Waals surface area contributed by atoms with Gasteiger partial charge in [-0.25, -0.2) is 0 Å². The first-order valence-electron chi connectivity index (χ1n) is 7.86. The Morgan fingerprint density at radius 1 is 1.35 bits per heavy atom. The summed E-state index contributed by atoms with van der Waals surface area (Å²) in [7, 11) is 0. The molecule has 0 unspecified atom stereocenters. The molecular weight excluding hydrogens is 316 g/mol. The molecule has 0 bridgehead atoms. The highest BCUT2D eigenvalue weighted by atomic mass is 32.2. The largest absolute Gasteiger partial charge is 0.492 e. The molecule has 1 atom stereocenters. The van der Waals surface area contributed by atoms with Crippen molar-refractivity contribution >= 4 is 17.7 Å². The molecule has 2 aliphatic rings. The molecule has 0 saturated carbocycles. The fourth-order valence-electron chi connectivity index (χ4n) is 2.59. The number of ether oxygens (including phenoxy) is 3. The lowest BCUT2D eigenvalue weighted by molar-refractivity contribution is -0.125. The normalized spacial score (nSPS) is 18.5. The molecule has 2 heterocycles. The summed E-state index contributed by atoms with van der Waals surface area (Å²) in [6.07, 6.45) is 0. The van der Waals surface area contributed by atoms with Gasteiger partial charge in [-0.05, 0) is 19.1 Å². The summed E-state index contributed by atoms with van der Waals surface area (Å²) in [4.78, 5) is 14.4. The molecule has 23 heavy (non-hydrogen) atoms. The number of hydrogen-bond donors (Lipinski definition) is 1. The van der Waals surface area contributed by atoms with Gasteiger partial charge in [0.1, 0.15) is 12.4 Å². The van der Waals surface area contributed by atoms with Gasteiger partial charge in [-0.15, -0.1) is 0 Å². The number of nitrogens with one attached hydrogen (secondary N) is 1. The minimum atomic E-state index is -0.0820. The summed E-state index contributed by atoms with van der Waals surface area (Å²) >= 11 is 1.94. The van der Waals surface area contributed by atoms with Crippen LogP contribution in [0, 0.1) is 0 Å². The Morgan fingerprint density at radius 3 is 2.96 bits per heavy atom. The van der Waals surface area contributed by atoms with E-state index in [-0.39, 0.29) is 18.7 Å². The average Bonchev–Trinajstić information content (AvgIpc) is 3.06. The molecule has 1 aromatic carbocycles. The van der Waals surface area contributed by atoms with Crippen molar-refractivity contribution in [2.75, 3.05) is 44.5 Å². The first kappa shape index (κ1) is 16.3. The SMILES string of the molecule is C[C@@H](C(=O)NCCOc1ccc2c(c1)OCO2)N1CCSCC1. The van der Waals surface area contributed by atoms with Crippen molar-refractivity contribution in [2.45, 2.75) is 13.0 Å². The Kier molecular flexibility index (Phi) is 5.51. The minimum absolute atomic E-state index is 0.0613. The van der Waals surface area contributed by atoms with Crippen LogP contribution < -0.4 is 19.5 Å². The van der Waals surface area contributed by atoms with E-state index in [1.165, 1.54) is 0 Å². The third-order valence-corrected chi connectivity index (χ3v) is 4.93. The predicted molar refractivity (Wildman–Crippen MR) is 89.4 cm³/mol. The van der Waals surface area contributed by atoms with Gasteiger partial charge in [-0.1, -0.05) is 0 Å². The van der Waals surface area contributed by atoms with Gasteiger partial charge in [0.2, 0.25) is 12.7 Å². The highest BCUT2D eigenvalue weighted by Gasteiger charge is 2.22. The van der Waals surface area contributed by atoms with Crippen LogP contribution in [-0.4, -0.2) is 61.4 Å². The summed E-state index contributed by atoms with van der Waals surface area (Å²) in [6.45, 7) is 5.08. The molecule has 0 aromatic heterocycles. The van der Waals surface area contributed by atoms with E-state index < -0.39 is 0 Å². The van der Waals surface area contributed by atoms with Gasteiger partial charge in [0.15, 0.2) is 11.5 Å². The maximum Gasteiger partial charge on any atom is 0.237 e. The number of rotatable bonds is 6. The van der Waals surface area contributed by atoms with E-state index >= 15 is 0 Å². The van der Waals surface area contributed by atoms with E-state index in [0.29, 0.717) is 24.7 Å². The summed E-state index contributed by atoms with van der Waals surface area (Å²) in [5, 5.41) is 2.93. The van der Waals surface area contributed by atoms with Crippen LogP contribution in [0.1, 0.15) is 6.92 Å². The lowest BCUT2D eigenvalue weighted by atomic mass is 10.2. The fourth-order valence-corrected chi connectivity index (χ4v) is 3.52. The van der Waals surface area contributed by atoms with E-state index in [1.54, 1.807) is 6.07 Å². The van der Waals surface area contributed by atoms with Crippen LogP contribution in [0.4, 0.5) is 0 Å². The Hall–Kier alpha value is -1.60. The highest BCUT2D eigenvalue weighted by molar-refractivity contribution is 7.99. The molecule has 6 nitrogen and oxygen atoms in total. The molecule has 1 N–H and O–H groups in total. The first-order valence-corrected chi connectivity index (χ1v) is 9.01. The number of fused-ring (bicyclic) bond motifs is 1. The van der Waals surface area contributed by atoms with Gasteiger partial charge in [-0.3, -0.25) is 9.69 Å². The molecule has 0 spiro atoms. The van der Waals surface area contributed by atoms with Gasteiger partial charge >= 0.3 is 0 Å². The average molecular weight is 338 g/mol. The van der Waals surface area contributed by atoms with E-state index in [9.17, 15) is 4.79 Å². The van der Waals surface area contributed by atoms with Gasteiger partial charge < -0.3 is 19.5 Å². The molecule has 0 radical (unpaired) electrons. The lowest BCUT2D eigenvalue weighted by Gasteiger charge is -2.31. The molecule has 126 valence electrons. The Balaban J connectivity index is 1.38. The Bertz CT molecular complexity index is 549. The number of carbonyl (C=O) groups excluding carboxylic acids is 1. The molecule has 7 heteroatoms. The second kappa shape index (κ2) is 7.79. The third-order valence-electron chi connectivity index (χ3n) is 3.99. The molecule has 0 aliphatic carbocycles. The predicted octanol–water partition coefficient (Wildman–Crippen LogP) is 1.35. The summed E-state index contributed by atoms with van der Waals surface area (Å²) in [6, 6.07) is 5.38. The molecule has 1 amide bonds. The number of amides is 1. The summed E-state index contributed by atoms with van der Waals surface area (Å²) in [5.41, 5.74) is 0. The fraction of sp³-hybridized carbons (Fsp3) is 0.562. The Morgan fingerprint density at radius 2 is 2.13 bits per heavy atom. The smallest absolute Gasteiger partial charge is 0.237 e.